The van der Waals surface area contributed by atoms with E-state index in [1.807, 2.05) is 6.07 Å². The van der Waals surface area contributed by atoms with E-state index in [2.05, 4.69) is 35.1 Å². The van der Waals surface area contributed by atoms with Crippen molar-refractivity contribution in [3.05, 3.63) is 23.9 Å². The largest absolute Gasteiger partial charge is 0.384 e. The van der Waals surface area contributed by atoms with E-state index in [1.165, 1.54) is 24.2 Å². The molecule has 1 aliphatic heterocycles. The summed E-state index contributed by atoms with van der Waals surface area (Å²) in [5, 5.41) is 4.36. The lowest BCUT2D eigenvalue weighted by molar-refractivity contribution is 0.495. The second kappa shape index (κ2) is 6.26. The highest BCUT2D eigenvalue weighted by atomic mass is 32.2. The Morgan fingerprint density at radius 1 is 1.65 bits per heavy atom. The molecule has 3 nitrogen and oxygen atoms in total. The molecule has 0 aromatic carbocycles. The Morgan fingerprint density at radius 3 is 3.18 bits per heavy atom. The molecule has 2 heterocycles. The van der Waals surface area contributed by atoms with Gasteiger partial charge in [-0.3, -0.25) is 0 Å². The number of likely N-dealkylation sites (N-methyl/N-ethyl adjacent to an activating group) is 1. The van der Waals surface area contributed by atoms with Crippen molar-refractivity contribution in [1.29, 1.82) is 0 Å². The van der Waals surface area contributed by atoms with Crippen molar-refractivity contribution in [3.8, 4) is 0 Å². The summed E-state index contributed by atoms with van der Waals surface area (Å²) in [5.74, 6) is 1.93. The lowest BCUT2D eigenvalue weighted by Crippen LogP contribution is -2.38. The zero-order valence-electron chi connectivity index (χ0n) is 10.4. The number of nitrogens with zero attached hydrogens (tertiary/aromatic N) is 1. The zero-order chi connectivity index (χ0) is 12.1. The summed E-state index contributed by atoms with van der Waals surface area (Å²) in [6.07, 6.45) is 5.55. The molecule has 1 fully saturated rings. The summed E-state index contributed by atoms with van der Waals surface area (Å²) < 4.78 is 0. The maximum Gasteiger partial charge on any atom is 0.123 e. The van der Waals surface area contributed by atoms with E-state index in [1.54, 1.807) is 6.20 Å². The second-order valence-electron chi connectivity index (χ2n) is 4.51. The van der Waals surface area contributed by atoms with Crippen LogP contribution in [0.4, 0.5) is 5.82 Å². The van der Waals surface area contributed by atoms with Gasteiger partial charge >= 0.3 is 0 Å². The quantitative estimate of drug-likeness (QED) is 0.841. The number of hydrogen-bond donors (Lipinski definition) is 2. The first kappa shape index (κ1) is 12.7. The fourth-order valence-corrected chi connectivity index (χ4v) is 3.79. The molecule has 2 rings (SSSR count). The number of aromatic nitrogens is 1. The predicted molar refractivity (Wildman–Crippen MR) is 75.3 cm³/mol. The molecule has 0 bridgehead atoms. The van der Waals surface area contributed by atoms with Crippen LogP contribution < -0.4 is 11.1 Å². The molecule has 0 radical (unpaired) electrons. The maximum atomic E-state index is 5.73. The highest BCUT2D eigenvalue weighted by molar-refractivity contribution is 8.00. The molecular formula is C13H21N3S. The van der Waals surface area contributed by atoms with Gasteiger partial charge in [0.25, 0.3) is 0 Å². The van der Waals surface area contributed by atoms with Crippen molar-refractivity contribution in [2.24, 2.45) is 0 Å². The standard InChI is InChI=1S/C13H21N3S/c1-2-15-11(12-4-3-7-17-12)8-10-5-6-16-13(14)9-10/h5-6,9,11-12,15H,2-4,7-8H2,1H3,(H2,14,16). The van der Waals surface area contributed by atoms with Crippen LogP contribution in [0.1, 0.15) is 25.3 Å². The van der Waals surface area contributed by atoms with E-state index in [4.69, 9.17) is 5.73 Å². The first-order valence-corrected chi connectivity index (χ1v) is 7.40. The van der Waals surface area contributed by atoms with Gasteiger partial charge in [0.1, 0.15) is 5.82 Å². The Hall–Kier alpha value is -0.740. The number of nitrogen functional groups attached to an aromatic ring is 1. The molecule has 2 unspecified atom stereocenters. The van der Waals surface area contributed by atoms with Crippen molar-refractivity contribution in [2.75, 3.05) is 18.0 Å². The fraction of sp³-hybridized carbons (Fsp3) is 0.615. The smallest absolute Gasteiger partial charge is 0.123 e. The van der Waals surface area contributed by atoms with Crippen LogP contribution in [0.2, 0.25) is 0 Å². The van der Waals surface area contributed by atoms with E-state index in [0.717, 1.165) is 18.2 Å². The van der Waals surface area contributed by atoms with Gasteiger partial charge in [0, 0.05) is 17.5 Å². The number of nitrogens with one attached hydrogen (secondary N) is 1. The first-order valence-electron chi connectivity index (χ1n) is 6.35. The van der Waals surface area contributed by atoms with Gasteiger partial charge in [-0.2, -0.15) is 11.8 Å². The summed E-state index contributed by atoms with van der Waals surface area (Å²) in [4.78, 5) is 4.04. The molecule has 94 valence electrons. The van der Waals surface area contributed by atoms with E-state index in [9.17, 15) is 0 Å². The van der Waals surface area contributed by atoms with Crippen LogP contribution in [0, 0.1) is 0 Å². The molecule has 17 heavy (non-hydrogen) atoms. The van der Waals surface area contributed by atoms with E-state index in [0.29, 0.717) is 11.9 Å². The van der Waals surface area contributed by atoms with Gasteiger partial charge < -0.3 is 11.1 Å². The van der Waals surface area contributed by atoms with E-state index >= 15 is 0 Å². The van der Waals surface area contributed by atoms with Crippen molar-refractivity contribution in [3.63, 3.8) is 0 Å². The number of thioether (sulfide) groups is 1. The molecule has 0 spiro atoms. The third-order valence-corrected chi connectivity index (χ3v) is 4.70. The van der Waals surface area contributed by atoms with Gasteiger partial charge in [-0.25, -0.2) is 4.98 Å². The van der Waals surface area contributed by atoms with Crippen LogP contribution in [-0.2, 0) is 6.42 Å². The molecule has 2 atom stereocenters. The van der Waals surface area contributed by atoms with Crippen LogP contribution >= 0.6 is 11.8 Å². The lowest BCUT2D eigenvalue weighted by Gasteiger charge is -2.23. The molecule has 0 saturated carbocycles. The molecule has 4 heteroatoms. The van der Waals surface area contributed by atoms with Gasteiger partial charge in [-0.15, -0.1) is 0 Å². The first-order chi connectivity index (χ1) is 8.29. The third-order valence-electron chi connectivity index (χ3n) is 3.18. The third kappa shape index (κ3) is 3.61. The Morgan fingerprint density at radius 2 is 2.53 bits per heavy atom. The molecule has 0 amide bonds. The lowest BCUT2D eigenvalue weighted by atomic mass is 10.0. The molecule has 1 saturated heterocycles. The Balaban J connectivity index is 2.01. The Labute approximate surface area is 108 Å². The van der Waals surface area contributed by atoms with Crippen molar-refractivity contribution >= 4 is 17.6 Å². The van der Waals surface area contributed by atoms with Gasteiger partial charge in [0.05, 0.1) is 0 Å². The Bertz CT molecular complexity index is 350. The average Bonchev–Trinajstić information content (AvgIpc) is 2.82. The van der Waals surface area contributed by atoms with Crippen LogP contribution in [-0.4, -0.2) is 28.6 Å². The normalized spacial score (nSPS) is 21.6. The maximum absolute atomic E-state index is 5.73. The average molecular weight is 251 g/mol. The predicted octanol–water partition coefficient (Wildman–Crippen LogP) is 2.08. The van der Waals surface area contributed by atoms with Gasteiger partial charge in [0.2, 0.25) is 0 Å². The molecule has 3 N–H and O–H groups in total. The highest BCUT2D eigenvalue weighted by Gasteiger charge is 2.25. The van der Waals surface area contributed by atoms with Crippen molar-refractivity contribution in [2.45, 2.75) is 37.5 Å². The summed E-state index contributed by atoms with van der Waals surface area (Å²) in [7, 11) is 0. The van der Waals surface area contributed by atoms with Crippen LogP contribution in [0.25, 0.3) is 0 Å². The van der Waals surface area contributed by atoms with Crippen molar-refractivity contribution in [1.82, 2.24) is 10.3 Å². The zero-order valence-corrected chi connectivity index (χ0v) is 11.2. The van der Waals surface area contributed by atoms with E-state index in [-0.39, 0.29) is 0 Å². The SMILES string of the molecule is CCNC(Cc1ccnc(N)c1)C1CCCS1. The highest BCUT2D eigenvalue weighted by Crippen LogP contribution is 2.30. The molecule has 1 aromatic heterocycles. The van der Waals surface area contributed by atoms with Gasteiger partial charge in [-0.1, -0.05) is 6.92 Å². The monoisotopic (exact) mass is 251 g/mol. The second-order valence-corrected chi connectivity index (χ2v) is 5.86. The van der Waals surface area contributed by atoms with Crippen molar-refractivity contribution < 1.29 is 0 Å². The van der Waals surface area contributed by atoms with Crippen LogP contribution in [0.15, 0.2) is 18.3 Å². The topological polar surface area (TPSA) is 50.9 Å². The molecule has 1 aromatic rings. The summed E-state index contributed by atoms with van der Waals surface area (Å²) in [6, 6.07) is 4.62. The molecule has 1 aliphatic rings. The number of rotatable bonds is 5. The number of hydrogen-bond acceptors (Lipinski definition) is 4. The fourth-order valence-electron chi connectivity index (χ4n) is 2.39. The van der Waals surface area contributed by atoms with Crippen LogP contribution in [0.3, 0.4) is 0 Å². The number of nitrogens with two attached hydrogens (primary N) is 1. The Kier molecular flexibility index (Phi) is 4.68. The minimum Gasteiger partial charge on any atom is -0.384 e. The number of anilines is 1. The van der Waals surface area contributed by atoms with Gasteiger partial charge in [-0.05, 0) is 49.3 Å². The summed E-state index contributed by atoms with van der Waals surface area (Å²) in [5.41, 5.74) is 7.01. The molecule has 0 aliphatic carbocycles. The van der Waals surface area contributed by atoms with Gasteiger partial charge in [0.15, 0.2) is 0 Å². The minimum absolute atomic E-state index is 0.564. The summed E-state index contributed by atoms with van der Waals surface area (Å²) >= 11 is 2.10. The van der Waals surface area contributed by atoms with Crippen LogP contribution in [0.5, 0.6) is 0 Å². The molecular weight excluding hydrogens is 230 g/mol. The summed E-state index contributed by atoms with van der Waals surface area (Å²) in [6.45, 7) is 3.20. The number of pyridine rings is 1. The minimum atomic E-state index is 0.564. The van der Waals surface area contributed by atoms with E-state index < -0.39 is 0 Å².